The average molecular weight is 243 g/mol. The number of aliphatic hydroxyl groups excluding tert-OH is 1. The van der Waals surface area contributed by atoms with Gasteiger partial charge in [-0.1, -0.05) is 13.8 Å². The van der Waals surface area contributed by atoms with Crippen molar-refractivity contribution in [2.24, 2.45) is 17.8 Å². The van der Waals surface area contributed by atoms with E-state index in [0.717, 1.165) is 6.42 Å². The van der Waals surface area contributed by atoms with Gasteiger partial charge >= 0.3 is 5.97 Å². The molecule has 5 nitrogen and oxygen atoms in total. The minimum atomic E-state index is -0.947. The standard InChI is InChI=1S/C12H21NO4/c1-7(8(2)12(16)17)11(15)13-5-4-10(6-13)9(3)14/h7-10,14H,4-6H2,1-3H3,(H,16,17). The summed E-state index contributed by atoms with van der Waals surface area (Å²) in [5.74, 6) is -2.14. The van der Waals surface area contributed by atoms with E-state index < -0.39 is 23.9 Å². The van der Waals surface area contributed by atoms with Gasteiger partial charge in [-0.05, 0) is 13.3 Å². The minimum Gasteiger partial charge on any atom is -0.481 e. The van der Waals surface area contributed by atoms with Crippen molar-refractivity contribution in [3.8, 4) is 0 Å². The molecule has 1 amide bonds. The number of carboxylic acids is 1. The van der Waals surface area contributed by atoms with Gasteiger partial charge in [-0.15, -0.1) is 0 Å². The molecule has 1 heterocycles. The van der Waals surface area contributed by atoms with Crippen LogP contribution in [0.3, 0.4) is 0 Å². The largest absolute Gasteiger partial charge is 0.481 e. The van der Waals surface area contributed by atoms with Crippen LogP contribution < -0.4 is 0 Å². The first-order valence-corrected chi connectivity index (χ1v) is 6.04. The highest BCUT2D eigenvalue weighted by Crippen LogP contribution is 2.23. The van der Waals surface area contributed by atoms with Gasteiger partial charge in [0, 0.05) is 24.9 Å². The number of nitrogens with zero attached hydrogens (tertiary/aromatic N) is 1. The van der Waals surface area contributed by atoms with E-state index in [1.165, 1.54) is 0 Å². The fraction of sp³-hybridized carbons (Fsp3) is 0.833. The Morgan fingerprint density at radius 1 is 1.24 bits per heavy atom. The molecule has 17 heavy (non-hydrogen) atoms. The van der Waals surface area contributed by atoms with E-state index in [9.17, 15) is 14.7 Å². The number of likely N-dealkylation sites (tertiary alicyclic amines) is 1. The van der Waals surface area contributed by atoms with Crippen LogP contribution in [-0.4, -0.2) is 46.2 Å². The molecule has 2 N–H and O–H groups in total. The zero-order valence-corrected chi connectivity index (χ0v) is 10.6. The molecule has 5 heteroatoms. The number of hydrogen-bond donors (Lipinski definition) is 2. The summed E-state index contributed by atoms with van der Waals surface area (Å²) in [4.78, 5) is 24.5. The Morgan fingerprint density at radius 2 is 1.82 bits per heavy atom. The van der Waals surface area contributed by atoms with Gasteiger partial charge in [0.15, 0.2) is 0 Å². The minimum absolute atomic E-state index is 0.117. The van der Waals surface area contributed by atoms with Crippen molar-refractivity contribution in [3.05, 3.63) is 0 Å². The van der Waals surface area contributed by atoms with Crippen molar-refractivity contribution in [2.45, 2.75) is 33.3 Å². The first kappa shape index (κ1) is 14.0. The molecule has 0 saturated carbocycles. The molecule has 0 aromatic heterocycles. The highest BCUT2D eigenvalue weighted by atomic mass is 16.4. The van der Waals surface area contributed by atoms with Gasteiger partial charge < -0.3 is 15.1 Å². The molecule has 1 fully saturated rings. The lowest BCUT2D eigenvalue weighted by molar-refractivity contribution is -0.148. The van der Waals surface area contributed by atoms with E-state index in [-0.39, 0.29) is 11.8 Å². The number of amides is 1. The Labute approximate surface area is 101 Å². The summed E-state index contributed by atoms with van der Waals surface area (Å²) in [7, 11) is 0. The van der Waals surface area contributed by atoms with Crippen molar-refractivity contribution in [1.82, 2.24) is 4.90 Å². The van der Waals surface area contributed by atoms with Gasteiger partial charge in [-0.3, -0.25) is 9.59 Å². The lowest BCUT2D eigenvalue weighted by Crippen LogP contribution is -2.38. The maximum Gasteiger partial charge on any atom is 0.307 e. The van der Waals surface area contributed by atoms with Gasteiger partial charge in [0.05, 0.1) is 12.0 Å². The first-order valence-electron chi connectivity index (χ1n) is 6.04. The Balaban J connectivity index is 2.57. The Kier molecular flexibility index (Phi) is 4.51. The van der Waals surface area contributed by atoms with E-state index in [1.54, 1.807) is 25.7 Å². The van der Waals surface area contributed by atoms with E-state index in [1.807, 2.05) is 0 Å². The molecule has 0 radical (unpaired) electrons. The summed E-state index contributed by atoms with van der Waals surface area (Å²) < 4.78 is 0. The van der Waals surface area contributed by atoms with Crippen LogP contribution in [0.25, 0.3) is 0 Å². The van der Waals surface area contributed by atoms with Gasteiger partial charge in [0.2, 0.25) is 5.91 Å². The molecule has 0 aliphatic carbocycles. The molecule has 0 spiro atoms. The van der Waals surface area contributed by atoms with Crippen LogP contribution in [0.2, 0.25) is 0 Å². The van der Waals surface area contributed by atoms with E-state index in [4.69, 9.17) is 5.11 Å². The van der Waals surface area contributed by atoms with E-state index >= 15 is 0 Å². The van der Waals surface area contributed by atoms with Crippen LogP contribution in [0.15, 0.2) is 0 Å². The maximum absolute atomic E-state index is 12.0. The molecule has 1 aliphatic rings. The number of aliphatic carboxylic acids is 1. The lowest BCUT2D eigenvalue weighted by Gasteiger charge is -2.23. The molecule has 0 aromatic rings. The normalized spacial score (nSPS) is 25.4. The van der Waals surface area contributed by atoms with Crippen molar-refractivity contribution < 1.29 is 19.8 Å². The van der Waals surface area contributed by atoms with Gasteiger partial charge in [-0.25, -0.2) is 0 Å². The number of rotatable bonds is 4. The van der Waals surface area contributed by atoms with Crippen LogP contribution in [0.1, 0.15) is 27.2 Å². The zero-order valence-electron chi connectivity index (χ0n) is 10.6. The third-order valence-corrected chi connectivity index (χ3v) is 3.75. The average Bonchev–Trinajstić information content (AvgIpc) is 2.75. The van der Waals surface area contributed by atoms with Gasteiger partial charge in [0.25, 0.3) is 0 Å². The lowest BCUT2D eigenvalue weighted by atomic mass is 9.95. The number of hydrogen-bond acceptors (Lipinski definition) is 3. The third kappa shape index (κ3) is 3.19. The molecule has 0 aromatic carbocycles. The van der Waals surface area contributed by atoms with E-state index in [2.05, 4.69) is 0 Å². The van der Waals surface area contributed by atoms with Crippen LogP contribution in [0, 0.1) is 17.8 Å². The fourth-order valence-electron chi connectivity index (χ4n) is 2.10. The van der Waals surface area contributed by atoms with Gasteiger partial charge in [0.1, 0.15) is 0 Å². The molecular weight excluding hydrogens is 222 g/mol. The number of carboxylic acid groups (broad SMARTS) is 1. The molecule has 4 atom stereocenters. The van der Waals surface area contributed by atoms with Crippen LogP contribution in [-0.2, 0) is 9.59 Å². The number of carbonyl (C=O) groups is 2. The zero-order chi connectivity index (χ0) is 13.2. The molecular formula is C12H21NO4. The Bertz CT molecular complexity index is 303. The van der Waals surface area contributed by atoms with Crippen molar-refractivity contribution in [3.63, 3.8) is 0 Å². The smallest absolute Gasteiger partial charge is 0.307 e. The monoisotopic (exact) mass is 243 g/mol. The summed E-state index contributed by atoms with van der Waals surface area (Å²) in [6.07, 6.45) is 0.373. The van der Waals surface area contributed by atoms with Crippen LogP contribution in [0.5, 0.6) is 0 Å². The Morgan fingerprint density at radius 3 is 2.24 bits per heavy atom. The van der Waals surface area contributed by atoms with Crippen molar-refractivity contribution in [1.29, 1.82) is 0 Å². The molecule has 98 valence electrons. The summed E-state index contributed by atoms with van der Waals surface area (Å²) in [6, 6.07) is 0. The summed E-state index contributed by atoms with van der Waals surface area (Å²) in [5, 5.41) is 18.3. The van der Waals surface area contributed by atoms with Crippen LogP contribution >= 0.6 is 0 Å². The first-order chi connectivity index (χ1) is 7.84. The quantitative estimate of drug-likeness (QED) is 0.757. The predicted molar refractivity (Wildman–Crippen MR) is 62.3 cm³/mol. The van der Waals surface area contributed by atoms with Crippen molar-refractivity contribution in [2.75, 3.05) is 13.1 Å². The molecule has 0 bridgehead atoms. The topological polar surface area (TPSA) is 77.8 Å². The number of carbonyl (C=O) groups excluding carboxylic acids is 1. The fourth-order valence-corrected chi connectivity index (χ4v) is 2.10. The van der Waals surface area contributed by atoms with Crippen LogP contribution in [0.4, 0.5) is 0 Å². The molecule has 1 rings (SSSR count). The highest BCUT2D eigenvalue weighted by molar-refractivity contribution is 5.84. The third-order valence-electron chi connectivity index (χ3n) is 3.75. The summed E-state index contributed by atoms with van der Waals surface area (Å²) in [6.45, 7) is 6.07. The molecule has 4 unspecified atom stereocenters. The number of aliphatic hydroxyl groups is 1. The SMILES string of the molecule is CC(O)C1CCN(C(=O)C(C)C(C)C(=O)O)C1. The maximum atomic E-state index is 12.0. The molecule has 1 aliphatic heterocycles. The van der Waals surface area contributed by atoms with Crippen molar-refractivity contribution >= 4 is 11.9 Å². The van der Waals surface area contributed by atoms with E-state index in [0.29, 0.717) is 13.1 Å². The summed E-state index contributed by atoms with van der Waals surface area (Å²) in [5.41, 5.74) is 0. The Hall–Kier alpha value is -1.10. The summed E-state index contributed by atoms with van der Waals surface area (Å²) >= 11 is 0. The molecule has 1 saturated heterocycles. The second-order valence-corrected chi connectivity index (χ2v) is 4.99. The second-order valence-electron chi connectivity index (χ2n) is 4.99. The second kappa shape index (κ2) is 5.49. The predicted octanol–water partition coefficient (Wildman–Crippen LogP) is 0.573. The highest BCUT2D eigenvalue weighted by Gasteiger charge is 2.34. The van der Waals surface area contributed by atoms with Gasteiger partial charge in [-0.2, -0.15) is 0 Å².